The molecule has 0 saturated heterocycles. The normalized spacial score (nSPS) is 16.9. The highest BCUT2D eigenvalue weighted by Gasteiger charge is 2.42. The van der Waals surface area contributed by atoms with Crippen molar-refractivity contribution in [3.8, 4) is 6.07 Å². The van der Waals surface area contributed by atoms with Gasteiger partial charge in [-0.25, -0.2) is 13.8 Å². The highest BCUT2D eigenvalue weighted by atomic mass is 32.2. The Labute approximate surface area is 186 Å². The highest BCUT2D eigenvalue weighted by Crippen LogP contribution is 2.43. The molecule has 1 aliphatic heterocycles. The number of nitrogens with two attached hydrogens (primary N) is 1. The third-order valence-corrected chi connectivity index (χ3v) is 5.58. The summed E-state index contributed by atoms with van der Waals surface area (Å²) >= 11 is -2.22. The van der Waals surface area contributed by atoms with E-state index in [0.29, 0.717) is 5.56 Å². The number of nitriles is 1. The lowest BCUT2D eigenvalue weighted by molar-refractivity contribution is -0.139. The predicted octanol–water partition coefficient (Wildman–Crippen LogP) is 2.16. The fraction of sp³-hybridized carbons (Fsp3) is 0.136. The van der Waals surface area contributed by atoms with Gasteiger partial charge in [0.2, 0.25) is 0 Å². The number of allylic oxidation sites excluding steroid dienone is 1. The van der Waals surface area contributed by atoms with Crippen LogP contribution in [0, 0.1) is 11.3 Å². The number of esters is 2. The molecule has 3 rings (SSSR count). The average molecular weight is 453 g/mol. The van der Waals surface area contributed by atoms with Gasteiger partial charge in [0.05, 0.1) is 42.2 Å². The second-order valence-electron chi connectivity index (χ2n) is 6.58. The van der Waals surface area contributed by atoms with Crippen molar-refractivity contribution in [3.05, 3.63) is 82.8 Å². The van der Waals surface area contributed by atoms with Crippen LogP contribution >= 0.6 is 0 Å². The van der Waals surface area contributed by atoms with Crippen LogP contribution in [0.4, 0.5) is 5.69 Å². The number of anilines is 1. The Bertz CT molecular complexity index is 1180. The number of benzene rings is 2. The predicted molar refractivity (Wildman–Crippen MR) is 115 cm³/mol. The van der Waals surface area contributed by atoms with E-state index in [9.17, 15) is 23.6 Å². The van der Waals surface area contributed by atoms with Crippen LogP contribution in [0.2, 0.25) is 0 Å². The van der Waals surface area contributed by atoms with Gasteiger partial charge in [0, 0.05) is 5.69 Å². The van der Waals surface area contributed by atoms with Gasteiger partial charge in [-0.15, -0.1) is 0 Å². The van der Waals surface area contributed by atoms with E-state index in [0.717, 1.165) is 14.2 Å². The monoisotopic (exact) mass is 453 g/mol. The molecule has 1 aliphatic rings. The summed E-state index contributed by atoms with van der Waals surface area (Å²) in [4.78, 5) is 27.1. The van der Waals surface area contributed by atoms with Crippen LogP contribution < -0.4 is 10.6 Å². The Morgan fingerprint density at radius 3 is 2.16 bits per heavy atom. The summed E-state index contributed by atoms with van der Waals surface area (Å²) in [6.45, 7) is 0. The zero-order valence-electron chi connectivity index (χ0n) is 17.1. The first kappa shape index (κ1) is 22.7. The van der Waals surface area contributed by atoms with Crippen LogP contribution in [0.1, 0.15) is 11.5 Å². The van der Waals surface area contributed by atoms with E-state index in [4.69, 9.17) is 15.2 Å². The van der Waals surface area contributed by atoms with E-state index in [2.05, 4.69) is 0 Å². The maximum atomic E-state index is 12.9. The van der Waals surface area contributed by atoms with Gasteiger partial charge in [-0.1, -0.05) is 30.3 Å². The molecule has 1 heterocycles. The molecule has 2 aromatic carbocycles. The number of methoxy groups -OCH3 is 2. The molecule has 3 N–H and O–H groups in total. The number of rotatable bonds is 5. The third kappa shape index (κ3) is 3.99. The summed E-state index contributed by atoms with van der Waals surface area (Å²) in [7, 11) is 2.31. The minimum atomic E-state index is -2.22. The number of carbonyl (C=O) groups excluding carboxylic acids is 2. The second kappa shape index (κ2) is 9.47. The van der Waals surface area contributed by atoms with Gasteiger partial charge < -0.3 is 19.8 Å². The Morgan fingerprint density at radius 1 is 1.06 bits per heavy atom. The largest absolute Gasteiger partial charge is 0.466 e. The van der Waals surface area contributed by atoms with Crippen molar-refractivity contribution in [2.75, 3.05) is 19.1 Å². The Morgan fingerprint density at radius 2 is 1.66 bits per heavy atom. The number of hydrogen-bond donors (Lipinski definition) is 2. The molecule has 0 saturated carbocycles. The molecular formula is C22H19N3O6S. The van der Waals surface area contributed by atoms with Crippen molar-refractivity contribution >= 4 is 28.7 Å². The summed E-state index contributed by atoms with van der Waals surface area (Å²) in [6, 6.07) is 16.3. The summed E-state index contributed by atoms with van der Waals surface area (Å²) in [6.07, 6.45) is 0. The van der Waals surface area contributed by atoms with Gasteiger partial charge >= 0.3 is 11.9 Å². The summed E-state index contributed by atoms with van der Waals surface area (Å²) in [5.41, 5.74) is 6.88. The highest BCUT2D eigenvalue weighted by molar-refractivity contribution is 7.79. The SMILES string of the molecule is COC(=O)C1=C(C(=O)OC)N(c2ccc(S(=O)O)cc2)C(N)=C(C#N)C1c1ccccc1. The van der Waals surface area contributed by atoms with Crippen molar-refractivity contribution in [3.63, 3.8) is 0 Å². The topological polar surface area (TPSA) is 143 Å². The maximum absolute atomic E-state index is 12.9. The molecule has 0 aromatic heterocycles. The number of hydrogen-bond acceptors (Lipinski definition) is 8. The van der Waals surface area contributed by atoms with Gasteiger partial charge in [-0.3, -0.25) is 4.90 Å². The maximum Gasteiger partial charge on any atom is 0.355 e. The van der Waals surface area contributed by atoms with Crippen molar-refractivity contribution in [1.29, 1.82) is 5.26 Å². The Balaban J connectivity index is 2.36. The number of carbonyl (C=O) groups is 2. The molecule has 0 aliphatic carbocycles. The minimum Gasteiger partial charge on any atom is -0.466 e. The van der Waals surface area contributed by atoms with Crippen molar-refractivity contribution in [2.45, 2.75) is 10.8 Å². The molecule has 0 fully saturated rings. The van der Waals surface area contributed by atoms with Crippen LogP contribution in [0.5, 0.6) is 0 Å². The smallest absolute Gasteiger partial charge is 0.355 e. The Hall–Kier alpha value is -3.94. The molecule has 0 spiro atoms. The van der Waals surface area contributed by atoms with Crippen molar-refractivity contribution in [1.82, 2.24) is 0 Å². The summed E-state index contributed by atoms with van der Waals surface area (Å²) in [5, 5.41) is 9.95. The molecular weight excluding hydrogens is 434 g/mol. The van der Waals surface area contributed by atoms with Crippen LogP contribution in [-0.2, 0) is 30.1 Å². The average Bonchev–Trinajstić information content (AvgIpc) is 2.82. The van der Waals surface area contributed by atoms with Gasteiger partial charge in [-0.05, 0) is 29.8 Å². The van der Waals surface area contributed by atoms with Gasteiger partial charge in [-0.2, -0.15) is 5.26 Å². The quantitative estimate of drug-likeness (QED) is 0.514. The minimum absolute atomic E-state index is 0.0269. The van der Waals surface area contributed by atoms with Crippen LogP contribution in [-0.4, -0.2) is 34.9 Å². The van der Waals surface area contributed by atoms with Crippen molar-refractivity contribution < 1.29 is 27.8 Å². The fourth-order valence-electron chi connectivity index (χ4n) is 3.49. The number of ether oxygens (including phenoxy) is 2. The molecule has 0 bridgehead atoms. The van der Waals surface area contributed by atoms with E-state index in [-0.39, 0.29) is 33.2 Å². The first-order chi connectivity index (χ1) is 15.3. The molecule has 2 atom stereocenters. The lowest BCUT2D eigenvalue weighted by Gasteiger charge is -2.35. The van der Waals surface area contributed by atoms with Crippen molar-refractivity contribution in [2.24, 2.45) is 5.73 Å². The van der Waals surface area contributed by atoms with Gasteiger partial charge in [0.25, 0.3) is 0 Å². The lowest BCUT2D eigenvalue weighted by atomic mass is 9.81. The summed E-state index contributed by atoms with van der Waals surface area (Å²) < 4.78 is 30.5. The molecule has 2 unspecified atom stereocenters. The zero-order valence-corrected chi connectivity index (χ0v) is 18.0. The Kier molecular flexibility index (Phi) is 6.73. The third-order valence-electron chi connectivity index (χ3n) is 4.91. The van der Waals surface area contributed by atoms with E-state index >= 15 is 0 Å². The molecule has 2 aromatic rings. The van der Waals surface area contributed by atoms with E-state index in [1.165, 1.54) is 29.2 Å². The van der Waals surface area contributed by atoms with Crippen LogP contribution in [0.25, 0.3) is 0 Å². The van der Waals surface area contributed by atoms with E-state index in [1.54, 1.807) is 30.3 Å². The molecule has 164 valence electrons. The summed E-state index contributed by atoms with van der Waals surface area (Å²) in [5.74, 6) is -2.77. The fourth-order valence-corrected chi connectivity index (χ4v) is 3.86. The van der Waals surface area contributed by atoms with Crippen LogP contribution in [0.3, 0.4) is 0 Å². The molecule has 0 amide bonds. The standard InChI is InChI=1S/C22H19N3O6S/c1-30-21(26)18-17(13-6-4-3-5-7-13)16(12-23)20(24)25(19(18)22(27)31-2)14-8-10-15(11-9-14)32(28)29/h3-11,17H,24H2,1-2H3,(H,28,29). The molecule has 0 radical (unpaired) electrons. The first-order valence-electron chi connectivity index (χ1n) is 9.22. The van der Waals surface area contributed by atoms with Gasteiger partial charge in [0.1, 0.15) is 11.5 Å². The first-order valence-corrected chi connectivity index (χ1v) is 10.3. The van der Waals surface area contributed by atoms with E-state index in [1.807, 2.05) is 6.07 Å². The lowest BCUT2D eigenvalue weighted by Crippen LogP contribution is -2.40. The van der Waals surface area contributed by atoms with Gasteiger partial charge in [0.15, 0.2) is 11.1 Å². The zero-order chi connectivity index (χ0) is 23.4. The number of nitrogens with zero attached hydrogens (tertiary/aromatic N) is 2. The van der Waals surface area contributed by atoms with E-state index < -0.39 is 28.9 Å². The molecule has 32 heavy (non-hydrogen) atoms. The molecule has 9 nitrogen and oxygen atoms in total. The molecule has 10 heteroatoms. The van der Waals surface area contributed by atoms with Crippen LogP contribution in [0.15, 0.2) is 82.2 Å². The second-order valence-corrected chi connectivity index (χ2v) is 7.55.